The lowest BCUT2D eigenvalue weighted by atomic mass is 9.77. The van der Waals surface area contributed by atoms with Crippen LogP contribution in [0, 0.1) is 17.5 Å². The average molecular weight is 313 g/mol. The van der Waals surface area contributed by atoms with Gasteiger partial charge in [-0.25, -0.2) is 13.2 Å². The van der Waals surface area contributed by atoms with Crippen LogP contribution in [0.25, 0.3) is 0 Å². The average Bonchev–Trinajstić information content (AvgIpc) is 2.38. The topological polar surface area (TPSA) is 17.1 Å². The van der Waals surface area contributed by atoms with E-state index in [1.165, 1.54) is 6.92 Å². The summed E-state index contributed by atoms with van der Waals surface area (Å²) >= 11 is 5.59. The first-order chi connectivity index (χ1) is 9.84. The van der Waals surface area contributed by atoms with Crippen molar-refractivity contribution in [1.29, 1.82) is 0 Å². The predicted molar refractivity (Wildman–Crippen MR) is 74.7 cm³/mol. The normalized spacial score (nSPS) is 13.8. The first-order valence-electron chi connectivity index (χ1n) is 6.23. The zero-order chi connectivity index (χ0) is 15.6. The van der Waals surface area contributed by atoms with Gasteiger partial charge < -0.3 is 0 Å². The van der Waals surface area contributed by atoms with E-state index in [1.807, 2.05) is 0 Å². The maximum absolute atomic E-state index is 14.0. The van der Waals surface area contributed by atoms with Crippen molar-refractivity contribution in [3.8, 4) is 0 Å². The Bertz CT molecular complexity index is 649. The molecule has 0 saturated carbocycles. The number of carbonyl (C=O) groups is 1. The van der Waals surface area contributed by atoms with Gasteiger partial charge >= 0.3 is 0 Å². The molecule has 0 heterocycles. The molecule has 0 saturated heterocycles. The molecule has 21 heavy (non-hydrogen) atoms. The van der Waals surface area contributed by atoms with Crippen molar-refractivity contribution in [2.45, 2.75) is 18.8 Å². The van der Waals surface area contributed by atoms with Gasteiger partial charge in [0, 0.05) is 17.7 Å². The minimum atomic E-state index is -1.62. The Balaban J connectivity index is 2.56. The van der Waals surface area contributed by atoms with E-state index in [0.717, 1.165) is 0 Å². The molecule has 0 bridgehead atoms. The highest BCUT2D eigenvalue weighted by molar-refractivity contribution is 6.65. The van der Waals surface area contributed by atoms with Gasteiger partial charge in [-0.3, -0.25) is 4.79 Å². The van der Waals surface area contributed by atoms with E-state index >= 15 is 0 Å². The number of halogens is 4. The van der Waals surface area contributed by atoms with Gasteiger partial charge in [-0.2, -0.15) is 0 Å². The summed E-state index contributed by atoms with van der Waals surface area (Å²) in [7, 11) is 0. The summed E-state index contributed by atoms with van der Waals surface area (Å²) in [6.45, 7) is 1.34. The molecule has 0 radical (unpaired) electrons. The van der Waals surface area contributed by atoms with Gasteiger partial charge in [-0.1, -0.05) is 30.3 Å². The smallest absolute Gasteiger partial charge is 0.232 e. The summed E-state index contributed by atoms with van der Waals surface area (Å²) in [5.74, 6) is -3.29. The molecular weight excluding hydrogens is 301 g/mol. The number of hydrogen-bond donors (Lipinski definition) is 0. The summed E-state index contributed by atoms with van der Waals surface area (Å²) in [6.07, 6.45) is 0.00957. The molecule has 2 rings (SSSR count). The van der Waals surface area contributed by atoms with Crippen LogP contribution in [-0.2, 0) is 16.6 Å². The maximum Gasteiger partial charge on any atom is 0.232 e. The molecule has 1 unspecified atom stereocenters. The summed E-state index contributed by atoms with van der Waals surface area (Å²) in [5, 5.41) is -0.907. The zero-order valence-electron chi connectivity index (χ0n) is 11.2. The summed E-state index contributed by atoms with van der Waals surface area (Å²) in [4.78, 5) is 11.8. The van der Waals surface area contributed by atoms with Crippen molar-refractivity contribution >= 4 is 16.8 Å². The summed E-state index contributed by atoms with van der Waals surface area (Å²) < 4.78 is 41.0. The molecular formula is C16H12ClF3O. The van der Waals surface area contributed by atoms with E-state index < -0.39 is 33.7 Å². The fourth-order valence-electron chi connectivity index (χ4n) is 2.33. The van der Waals surface area contributed by atoms with E-state index in [2.05, 4.69) is 0 Å². The third-order valence-electron chi connectivity index (χ3n) is 3.39. The van der Waals surface area contributed by atoms with Crippen molar-refractivity contribution in [2.75, 3.05) is 0 Å². The molecule has 0 aliphatic rings. The Hall–Kier alpha value is -1.81. The first kappa shape index (κ1) is 15.6. The number of carbonyl (C=O) groups excluding carboxylic acids is 1. The molecule has 0 N–H and O–H groups in total. The van der Waals surface area contributed by atoms with Crippen LogP contribution in [0.15, 0.2) is 42.5 Å². The standard InChI is InChI=1S/C16H12ClF3O/c1-16(15(17)21,9-10-5-3-2-4-6-10)14-12(19)7-11(18)8-13(14)20/h2-8H,9H2,1H3. The van der Waals surface area contributed by atoms with Gasteiger partial charge in [0.1, 0.15) is 17.5 Å². The van der Waals surface area contributed by atoms with Gasteiger partial charge in [-0.05, 0) is 30.5 Å². The van der Waals surface area contributed by atoms with Crippen LogP contribution < -0.4 is 0 Å². The molecule has 2 aromatic rings. The van der Waals surface area contributed by atoms with Crippen molar-refractivity contribution in [3.05, 3.63) is 71.0 Å². The summed E-state index contributed by atoms with van der Waals surface area (Å²) in [6, 6.07) is 9.79. The lowest BCUT2D eigenvalue weighted by molar-refractivity contribution is -0.116. The third kappa shape index (κ3) is 3.10. The summed E-state index contributed by atoms with van der Waals surface area (Å²) in [5.41, 5.74) is -1.45. The molecule has 1 nitrogen and oxygen atoms in total. The third-order valence-corrected chi connectivity index (χ3v) is 3.81. The van der Waals surface area contributed by atoms with E-state index in [0.29, 0.717) is 17.7 Å². The SMILES string of the molecule is CC(Cc1ccccc1)(C(=O)Cl)c1c(F)cc(F)cc1F. The largest absolute Gasteiger partial charge is 0.280 e. The molecule has 2 aromatic carbocycles. The van der Waals surface area contributed by atoms with Gasteiger partial charge in [0.05, 0.1) is 5.41 Å². The molecule has 5 heteroatoms. The van der Waals surface area contributed by atoms with Crippen LogP contribution >= 0.6 is 11.6 Å². The second-order valence-electron chi connectivity index (χ2n) is 5.01. The Morgan fingerprint density at radius 1 is 1.10 bits per heavy atom. The predicted octanol–water partition coefficient (Wildman–Crippen LogP) is 4.37. The second-order valence-corrected chi connectivity index (χ2v) is 5.36. The van der Waals surface area contributed by atoms with Crippen molar-refractivity contribution < 1.29 is 18.0 Å². The molecule has 0 aliphatic carbocycles. The van der Waals surface area contributed by atoms with Gasteiger partial charge in [0.25, 0.3) is 0 Å². The molecule has 0 spiro atoms. The van der Waals surface area contributed by atoms with Crippen LogP contribution in [0.4, 0.5) is 13.2 Å². The molecule has 0 aromatic heterocycles. The maximum atomic E-state index is 14.0. The van der Waals surface area contributed by atoms with E-state index in [-0.39, 0.29) is 6.42 Å². The highest BCUT2D eigenvalue weighted by Gasteiger charge is 2.39. The lowest BCUT2D eigenvalue weighted by Gasteiger charge is -2.27. The number of hydrogen-bond acceptors (Lipinski definition) is 1. The quantitative estimate of drug-likeness (QED) is 0.766. The Labute approximate surface area is 125 Å². The van der Waals surface area contributed by atoms with Crippen LogP contribution in [-0.4, -0.2) is 5.24 Å². The molecule has 0 fully saturated rings. The lowest BCUT2D eigenvalue weighted by Crippen LogP contribution is -2.34. The van der Waals surface area contributed by atoms with E-state index in [9.17, 15) is 18.0 Å². The van der Waals surface area contributed by atoms with Crippen LogP contribution in [0.2, 0.25) is 0 Å². The zero-order valence-corrected chi connectivity index (χ0v) is 11.9. The van der Waals surface area contributed by atoms with Crippen molar-refractivity contribution in [1.82, 2.24) is 0 Å². The van der Waals surface area contributed by atoms with Gasteiger partial charge in [-0.15, -0.1) is 0 Å². The highest BCUT2D eigenvalue weighted by atomic mass is 35.5. The highest BCUT2D eigenvalue weighted by Crippen LogP contribution is 2.35. The molecule has 110 valence electrons. The van der Waals surface area contributed by atoms with Crippen molar-refractivity contribution in [2.24, 2.45) is 0 Å². The van der Waals surface area contributed by atoms with Crippen LogP contribution in [0.3, 0.4) is 0 Å². The minimum Gasteiger partial charge on any atom is -0.280 e. The molecule has 1 atom stereocenters. The van der Waals surface area contributed by atoms with E-state index in [1.54, 1.807) is 30.3 Å². The Kier molecular flexibility index (Phi) is 4.37. The second kappa shape index (κ2) is 5.90. The fraction of sp³-hybridized carbons (Fsp3) is 0.188. The monoisotopic (exact) mass is 312 g/mol. The fourth-order valence-corrected chi connectivity index (χ4v) is 2.49. The number of rotatable bonds is 4. The van der Waals surface area contributed by atoms with Crippen LogP contribution in [0.1, 0.15) is 18.1 Å². The molecule has 0 amide bonds. The Morgan fingerprint density at radius 3 is 2.10 bits per heavy atom. The molecule has 0 aliphatic heterocycles. The van der Waals surface area contributed by atoms with E-state index in [4.69, 9.17) is 11.6 Å². The Morgan fingerprint density at radius 2 is 1.62 bits per heavy atom. The van der Waals surface area contributed by atoms with Crippen molar-refractivity contribution in [3.63, 3.8) is 0 Å². The first-order valence-corrected chi connectivity index (χ1v) is 6.61. The number of benzene rings is 2. The minimum absolute atomic E-state index is 0.00957. The van der Waals surface area contributed by atoms with Gasteiger partial charge in [0.2, 0.25) is 5.24 Å². The van der Waals surface area contributed by atoms with Crippen LogP contribution in [0.5, 0.6) is 0 Å². The van der Waals surface area contributed by atoms with Gasteiger partial charge in [0.15, 0.2) is 0 Å².